The molecule has 1 aromatic heterocycles. The van der Waals surface area contributed by atoms with Gasteiger partial charge in [0, 0.05) is 18.9 Å². The molecule has 0 aliphatic rings. The van der Waals surface area contributed by atoms with Crippen molar-refractivity contribution in [1.82, 2.24) is 15.3 Å². The third-order valence-corrected chi connectivity index (χ3v) is 3.37. The summed E-state index contributed by atoms with van der Waals surface area (Å²) in [5.41, 5.74) is -1.58. The Kier molecular flexibility index (Phi) is 4.77. The number of para-hydroxylation sites is 1. The van der Waals surface area contributed by atoms with Crippen LogP contribution in [0.25, 0.3) is 0 Å². The van der Waals surface area contributed by atoms with Crippen molar-refractivity contribution in [3.05, 3.63) is 54.1 Å². The average Bonchev–Trinajstić information content (AvgIpc) is 2.54. The van der Waals surface area contributed by atoms with Crippen LogP contribution in [0.3, 0.4) is 0 Å². The Morgan fingerprint density at radius 3 is 2.33 bits per heavy atom. The Hall–Kier alpha value is -2.64. The van der Waals surface area contributed by atoms with Gasteiger partial charge in [0.05, 0.1) is 5.54 Å². The third kappa shape index (κ3) is 4.01. The van der Waals surface area contributed by atoms with Gasteiger partial charge in [-0.3, -0.25) is 4.90 Å². The first-order valence-corrected chi connectivity index (χ1v) is 7.13. The van der Waals surface area contributed by atoms with E-state index < -0.39 is 23.4 Å². The summed E-state index contributed by atoms with van der Waals surface area (Å²) in [5.74, 6) is -0.118. The number of hydrogen-bond donors (Lipinski definition) is 1. The van der Waals surface area contributed by atoms with Crippen molar-refractivity contribution >= 4 is 11.7 Å². The molecule has 5 nitrogen and oxygen atoms in total. The summed E-state index contributed by atoms with van der Waals surface area (Å²) in [7, 11) is 1.56. The lowest BCUT2D eigenvalue weighted by atomic mass is 10.0. The number of halogens is 3. The molecule has 0 aliphatic heterocycles. The lowest BCUT2D eigenvalue weighted by Crippen LogP contribution is -2.48. The lowest BCUT2D eigenvalue weighted by Gasteiger charge is -2.28. The predicted octanol–water partition coefficient (Wildman–Crippen LogP) is 3.58. The van der Waals surface area contributed by atoms with Gasteiger partial charge in [0.2, 0.25) is 0 Å². The van der Waals surface area contributed by atoms with Crippen molar-refractivity contribution in [1.29, 1.82) is 0 Å². The van der Waals surface area contributed by atoms with E-state index in [1.54, 1.807) is 45.2 Å². The van der Waals surface area contributed by atoms with Crippen LogP contribution in [0.15, 0.2) is 42.6 Å². The third-order valence-electron chi connectivity index (χ3n) is 3.37. The zero-order valence-electron chi connectivity index (χ0n) is 13.4. The van der Waals surface area contributed by atoms with Gasteiger partial charge >= 0.3 is 12.2 Å². The number of nitrogens with one attached hydrogen (secondary N) is 1. The maximum Gasteiger partial charge on any atom is 0.433 e. The Morgan fingerprint density at radius 1 is 1.12 bits per heavy atom. The van der Waals surface area contributed by atoms with Crippen LogP contribution in [0, 0.1) is 0 Å². The topological polar surface area (TPSA) is 58.1 Å². The molecule has 128 valence electrons. The first-order valence-electron chi connectivity index (χ1n) is 7.13. The summed E-state index contributed by atoms with van der Waals surface area (Å²) < 4.78 is 38.3. The van der Waals surface area contributed by atoms with Gasteiger partial charge in [0.25, 0.3) is 0 Å². The molecule has 0 saturated heterocycles. The monoisotopic (exact) mass is 338 g/mol. The highest BCUT2D eigenvalue weighted by atomic mass is 19.4. The zero-order chi connectivity index (χ0) is 18.0. The number of rotatable bonds is 3. The van der Waals surface area contributed by atoms with E-state index in [1.807, 2.05) is 6.07 Å². The van der Waals surface area contributed by atoms with E-state index in [-0.39, 0.29) is 5.82 Å². The molecule has 0 unspecified atom stereocenters. The molecule has 0 radical (unpaired) electrons. The van der Waals surface area contributed by atoms with E-state index in [2.05, 4.69) is 15.3 Å². The Morgan fingerprint density at radius 2 is 1.75 bits per heavy atom. The van der Waals surface area contributed by atoms with Crippen LogP contribution in [0.1, 0.15) is 25.4 Å². The van der Waals surface area contributed by atoms with Crippen molar-refractivity contribution < 1.29 is 18.0 Å². The van der Waals surface area contributed by atoms with Crippen LogP contribution >= 0.6 is 0 Å². The molecule has 2 rings (SSSR count). The van der Waals surface area contributed by atoms with Crippen LogP contribution in [0.4, 0.5) is 23.7 Å². The van der Waals surface area contributed by atoms with E-state index in [0.717, 1.165) is 12.3 Å². The van der Waals surface area contributed by atoms with Gasteiger partial charge in [-0.25, -0.2) is 14.8 Å². The number of amides is 2. The highest BCUT2D eigenvalue weighted by molar-refractivity contribution is 5.91. The maximum atomic E-state index is 12.8. The highest BCUT2D eigenvalue weighted by Crippen LogP contribution is 2.28. The number of urea groups is 1. The first kappa shape index (κ1) is 17.7. The Bertz CT molecular complexity index is 717. The van der Waals surface area contributed by atoms with E-state index in [1.165, 1.54) is 4.90 Å². The van der Waals surface area contributed by atoms with Crippen molar-refractivity contribution in [2.24, 2.45) is 0 Å². The van der Waals surface area contributed by atoms with E-state index in [9.17, 15) is 18.0 Å². The number of aromatic nitrogens is 2. The van der Waals surface area contributed by atoms with Gasteiger partial charge in [0.1, 0.15) is 5.69 Å². The Labute approximate surface area is 137 Å². The van der Waals surface area contributed by atoms with Gasteiger partial charge < -0.3 is 5.32 Å². The number of alkyl halides is 3. The predicted molar refractivity (Wildman–Crippen MR) is 83.4 cm³/mol. The summed E-state index contributed by atoms with van der Waals surface area (Å²) in [6.07, 6.45) is -3.54. The van der Waals surface area contributed by atoms with Crippen LogP contribution in [-0.2, 0) is 11.7 Å². The molecule has 2 aromatic rings. The molecular weight excluding hydrogens is 321 g/mol. The SMILES string of the molecule is CN(C(=O)NC(C)(C)c1nccc(C(F)(F)F)n1)c1ccccc1. The highest BCUT2D eigenvalue weighted by Gasteiger charge is 2.35. The molecule has 24 heavy (non-hydrogen) atoms. The summed E-state index contributed by atoms with van der Waals surface area (Å²) in [6, 6.07) is 9.17. The molecule has 0 atom stereocenters. The lowest BCUT2D eigenvalue weighted by molar-refractivity contribution is -0.141. The van der Waals surface area contributed by atoms with Crippen molar-refractivity contribution in [2.45, 2.75) is 25.6 Å². The van der Waals surface area contributed by atoms with Crippen molar-refractivity contribution in [3.8, 4) is 0 Å². The molecular formula is C16H17F3N4O. The number of anilines is 1. The summed E-state index contributed by atoms with van der Waals surface area (Å²) in [6.45, 7) is 3.08. The summed E-state index contributed by atoms with van der Waals surface area (Å²) in [4.78, 5) is 21.1. The zero-order valence-corrected chi connectivity index (χ0v) is 13.4. The fourth-order valence-electron chi connectivity index (χ4n) is 1.99. The van der Waals surface area contributed by atoms with Crippen molar-refractivity contribution in [2.75, 3.05) is 11.9 Å². The van der Waals surface area contributed by atoms with Gasteiger partial charge in [0.15, 0.2) is 5.82 Å². The second kappa shape index (κ2) is 6.46. The standard InChI is InChI=1S/C16H17F3N4O/c1-15(2,13-20-10-9-12(21-13)16(17,18)19)22-14(24)23(3)11-7-5-4-6-8-11/h4-10H,1-3H3,(H,22,24). The van der Waals surface area contributed by atoms with Crippen LogP contribution < -0.4 is 10.2 Å². The van der Waals surface area contributed by atoms with Gasteiger partial charge in [-0.2, -0.15) is 13.2 Å². The number of carbonyl (C=O) groups is 1. The summed E-state index contributed by atoms with van der Waals surface area (Å²) in [5, 5.41) is 2.64. The van der Waals surface area contributed by atoms with Crippen LogP contribution in [-0.4, -0.2) is 23.0 Å². The normalized spacial score (nSPS) is 11.9. The minimum atomic E-state index is -4.57. The van der Waals surface area contributed by atoms with Gasteiger partial charge in [-0.15, -0.1) is 0 Å². The number of nitrogens with zero attached hydrogens (tertiary/aromatic N) is 3. The number of benzene rings is 1. The molecule has 0 fully saturated rings. The molecule has 8 heteroatoms. The second-order valence-electron chi connectivity index (χ2n) is 5.71. The molecule has 2 amide bonds. The molecule has 0 bridgehead atoms. The fourth-order valence-corrected chi connectivity index (χ4v) is 1.99. The molecule has 1 aromatic carbocycles. The van der Waals surface area contributed by atoms with Crippen LogP contribution in [0.2, 0.25) is 0 Å². The number of carbonyl (C=O) groups excluding carboxylic acids is 1. The fraction of sp³-hybridized carbons (Fsp3) is 0.312. The van der Waals surface area contributed by atoms with Crippen molar-refractivity contribution in [3.63, 3.8) is 0 Å². The van der Waals surface area contributed by atoms with E-state index >= 15 is 0 Å². The van der Waals surface area contributed by atoms with Crippen LogP contribution in [0.5, 0.6) is 0 Å². The number of hydrogen-bond acceptors (Lipinski definition) is 3. The minimum Gasteiger partial charge on any atom is -0.326 e. The molecule has 0 spiro atoms. The van der Waals surface area contributed by atoms with E-state index in [4.69, 9.17) is 0 Å². The molecule has 1 N–H and O–H groups in total. The Balaban J connectivity index is 2.20. The quantitative estimate of drug-likeness (QED) is 0.931. The first-order chi connectivity index (χ1) is 11.1. The largest absolute Gasteiger partial charge is 0.433 e. The molecule has 0 saturated carbocycles. The summed E-state index contributed by atoms with van der Waals surface area (Å²) >= 11 is 0. The molecule has 0 aliphatic carbocycles. The van der Waals surface area contributed by atoms with E-state index in [0.29, 0.717) is 5.69 Å². The second-order valence-corrected chi connectivity index (χ2v) is 5.71. The van der Waals surface area contributed by atoms with Gasteiger partial charge in [-0.1, -0.05) is 18.2 Å². The maximum absolute atomic E-state index is 12.8. The smallest absolute Gasteiger partial charge is 0.326 e. The van der Waals surface area contributed by atoms with Gasteiger partial charge in [-0.05, 0) is 32.0 Å². The minimum absolute atomic E-state index is 0.118. The molecule has 1 heterocycles. The average molecular weight is 338 g/mol.